The van der Waals surface area contributed by atoms with Gasteiger partial charge in [-0.05, 0) is 6.92 Å². The van der Waals surface area contributed by atoms with Crippen molar-refractivity contribution in [2.24, 2.45) is 0 Å². The van der Waals surface area contributed by atoms with Crippen LogP contribution in [0.1, 0.15) is 14.4 Å². The topological polar surface area (TPSA) is 20.2 Å². The van der Waals surface area contributed by atoms with Crippen LogP contribution in [0.15, 0.2) is 0 Å². The van der Waals surface area contributed by atoms with Gasteiger partial charge in [0.25, 0.3) is 0 Å². The molecule has 5 heavy (non-hydrogen) atoms. The second kappa shape index (κ2) is 24.8. The van der Waals surface area contributed by atoms with Gasteiger partial charge in [-0.3, -0.25) is 0 Å². The first-order valence-corrected chi connectivity index (χ1v) is 1.02. The molecular formula is C3H10FeO. The fourth-order valence-corrected chi connectivity index (χ4v) is 0. The van der Waals surface area contributed by atoms with Crippen molar-refractivity contribution in [3.8, 4) is 0 Å². The van der Waals surface area contributed by atoms with Gasteiger partial charge in [-0.25, -0.2) is 0 Å². The summed E-state index contributed by atoms with van der Waals surface area (Å²) >= 11 is 0. The van der Waals surface area contributed by atoms with E-state index in [1.54, 1.807) is 6.92 Å². The van der Waals surface area contributed by atoms with Crippen LogP contribution in [0.4, 0.5) is 0 Å². The van der Waals surface area contributed by atoms with E-state index in [0.29, 0.717) is 0 Å². The van der Waals surface area contributed by atoms with E-state index in [1.807, 2.05) is 0 Å². The Kier molecular flexibility index (Phi) is 88.6. The van der Waals surface area contributed by atoms with Crippen LogP contribution in [0.3, 0.4) is 0 Å². The van der Waals surface area contributed by atoms with E-state index in [-0.39, 0.29) is 31.1 Å². The SMILES string of the molecule is C.CCO.[Fe]. The molecule has 0 bridgehead atoms. The molecule has 0 heterocycles. The fraction of sp³-hybridized carbons (Fsp3) is 1.00. The maximum absolute atomic E-state index is 7.57. The van der Waals surface area contributed by atoms with E-state index < -0.39 is 0 Å². The Labute approximate surface area is 43.9 Å². The van der Waals surface area contributed by atoms with Gasteiger partial charge in [-0.2, -0.15) is 0 Å². The molecule has 0 saturated heterocycles. The van der Waals surface area contributed by atoms with Crippen molar-refractivity contribution in [1.29, 1.82) is 0 Å². The normalized spacial score (nSPS) is 3.60. The van der Waals surface area contributed by atoms with Crippen LogP contribution < -0.4 is 0 Å². The van der Waals surface area contributed by atoms with Crippen LogP contribution in [0.5, 0.6) is 0 Å². The molecule has 2 heteroatoms. The molecule has 0 fully saturated rings. The largest absolute Gasteiger partial charge is 0.397 e. The molecule has 0 amide bonds. The minimum Gasteiger partial charge on any atom is -0.397 e. The van der Waals surface area contributed by atoms with E-state index in [1.165, 1.54) is 0 Å². The summed E-state index contributed by atoms with van der Waals surface area (Å²) in [5, 5.41) is 7.57. The predicted molar refractivity (Wildman–Crippen MR) is 19.5 cm³/mol. The van der Waals surface area contributed by atoms with Crippen molar-refractivity contribution < 1.29 is 22.2 Å². The monoisotopic (exact) mass is 118 g/mol. The van der Waals surface area contributed by atoms with E-state index in [0.717, 1.165) is 0 Å². The predicted octanol–water partition coefficient (Wildman–Crippen LogP) is 0.632. The minimum absolute atomic E-state index is 0. The van der Waals surface area contributed by atoms with Crippen LogP contribution >= 0.6 is 0 Å². The van der Waals surface area contributed by atoms with Crippen LogP contribution in [-0.4, -0.2) is 11.7 Å². The fourth-order valence-electron chi connectivity index (χ4n) is 0. The van der Waals surface area contributed by atoms with Gasteiger partial charge >= 0.3 is 0 Å². The first-order chi connectivity index (χ1) is 1.41. The molecule has 0 radical (unpaired) electrons. The molecular weight excluding hydrogens is 108 g/mol. The van der Waals surface area contributed by atoms with Crippen molar-refractivity contribution in [3.63, 3.8) is 0 Å². The zero-order chi connectivity index (χ0) is 2.71. The molecule has 0 aromatic heterocycles. The van der Waals surface area contributed by atoms with Gasteiger partial charge in [0.2, 0.25) is 0 Å². The molecule has 0 aromatic carbocycles. The van der Waals surface area contributed by atoms with Crippen LogP contribution in [-0.2, 0) is 17.1 Å². The molecule has 0 spiro atoms. The summed E-state index contributed by atoms with van der Waals surface area (Å²) in [4.78, 5) is 0. The van der Waals surface area contributed by atoms with Gasteiger partial charge in [0, 0.05) is 23.7 Å². The van der Waals surface area contributed by atoms with Gasteiger partial charge in [-0.1, -0.05) is 7.43 Å². The second-order valence-electron chi connectivity index (χ2n) is 0.316. The zero-order valence-corrected chi connectivity index (χ0v) is 3.61. The van der Waals surface area contributed by atoms with Gasteiger partial charge in [0.15, 0.2) is 0 Å². The maximum Gasteiger partial charge on any atom is 0.0402 e. The number of rotatable bonds is 0. The quantitative estimate of drug-likeness (QED) is 0.462. The van der Waals surface area contributed by atoms with E-state index in [2.05, 4.69) is 0 Å². The number of aliphatic hydroxyl groups excluding tert-OH is 1. The Morgan fingerprint density at radius 1 is 1.60 bits per heavy atom. The third-order valence-corrected chi connectivity index (χ3v) is 0. The Morgan fingerprint density at radius 2 is 1.60 bits per heavy atom. The second-order valence-corrected chi connectivity index (χ2v) is 0.316. The Morgan fingerprint density at radius 3 is 1.60 bits per heavy atom. The minimum atomic E-state index is 0. The summed E-state index contributed by atoms with van der Waals surface area (Å²) in [7, 11) is 0. The molecule has 1 nitrogen and oxygen atoms in total. The molecule has 0 aliphatic rings. The van der Waals surface area contributed by atoms with Crippen molar-refractivity contribution >= 4 is 0 Å². The molecule has 36 valence electrons. The molecule has 0 saturated carbocycles. The van der Waals surface area contributed by atoms with Gasteiger partial charge in [0.05, 0.1) is 0 Å². The molecule has 0 atom stereocenters. The summed E-state index contributed by atoms with van der Waals surface area (Å²) in [5.74, 6) is 0. The standard InChI is InChI=1S/C2H6O.CH4.Fe/c1-2-3;;/h3H,2H2,1H3;1H4;. The zero-order valence-electron chi connectivity index (χ0n) is 2.51. The van der Waals surface area contributed by atoms with Crippen molar-refractivity contribution in [2.45, 2.75) is 14.4 Å². The number of aliphatic hydroxyl groups is 1. The Hall–Kier alpha value is 0.479. The summed E-state index contributed by atoms with van der Waals surface area (Å²) in [6.07, 6.45) is 0. The number of hydrogen-bond acceptors (Lipinski definition) is 1. The molecule has 0 rings (SSSR count). The Balaban J connectivity index is -0.0000000200. The van der Waals surface area contributed by atoms with E-state index in [4.69, 9.17) is 5.11 Å². The average molecular weight is 118 g/mol. The van der Waals surface area contributed by atoms with Gasteiger partial charge in [-0.15, -0.1) is 0 Å². The van der Waals surface area contributed by atoms with Crippen molar-refractivity contribution in [1.82, 2.24) is 0 Å². The summed E-state index contributed by atoms with van der Waals surface area (Å²) in [6.45, 7) is 1.93. The summed E-state index contributed by atoms with van der Waals surface area (Å²) in [6, 6.07) is 0. The van der Waals surface area contributed by atoms with Gasteiger partial charge in [0.1, 0.15) is 0 Å². The van der Waals surface area contributed by atoms with Crippen LogP contribution in [0.2, 0.25) is 0 Å². The smallest absolute Gasteiger partial charge is 0.0402 e. The molecule has 0 unspecified atom stereocenters. The summed E-state index contributed by atoms with van der Waals surface area (Å²) in [5.41, 5.74) is 0. The van der Waals surface area contributed by atoms with E-state index in [9.17, 15) is 0 Å². The Bertz CT molecular complexity index is 6.85. The van der Waals surface area contributed by atoms with Crippen molar-refractivity contribution in [3.05, 3.63) is 0 Å². The third-order valence-electron chi connectivity index (χ3n) is 0. The molecule has 0 aliphatic heterocycles. The third kappa shape index (κ3) is 120. The van der Waals surface area contributed by atoms with Crippen molar-refractivity contribution in [2.75, 3.05) is 6.61 Å². The molecule has 0 aliphatic carbocycles. The van der Waals surface area contributed by atoms with E-state index >= 15 is 0 Å². The average Bonchev–Trinajstić information content (AvgIpc) is 0.918. The summed E-state index contributed by atoms with van der Waals surface area (Å²) < 4.78 is 0. The number of hydrogen-bond donors (Lipinski definition) is 1. The molecule has 1 N–H and O–H groups in total. The molecule has 0 aromatic rings. The first kappa shape index (κ1) is 17.9. The van der Waals surface area contributed by atoms with Gasteiger partial charge < -0.3 is 5.11 Å². The van der Waals surface area contributed by atoms with Crippen LogP contribution in [0.25, 0.3) is 0 Å². The maximum atomic E-state index is 7.57. The first-order valence-electron chi connectivity index (χ1n) is 1.02. The van der Waals surface area contributed by atoms with Crippen LogP contribution in [0, 0.1) is 0 Å².